The molecule has 0 aliphatic heterocycles. The molecule has 146 valence electrons. The van der Waals surface area contributed by atoms with E-state index in [0.717, 1.165) is 44.9 Å². The molecule has 0 atom stereocenters. The van der Waals surface area contributed by atoms with Crippen molar-refractivity contribution in [3.05, 3.63) is 60.8 Å². The fourth-order valence-corrected chi connectivity index (χ4v) is 2.37. The van der Waals surface area contributed by atoms with Gasteiger partial charge in [0.15, 0.2) is 0 Å². The molecule has 0 saturated carbocycles. The first-order chi connectivity index (χ1) is 12.8. The number of unbranched alkanes of at least 4 members (excludes halogenated alkanes) is 5. The maximum atomic E-state index is 10.4. The van der Waals surface area contributed by atoms with Crippen LogP contribution in [0.3, 0.4) is 0 Å². The van der Waals surface area contributed by atoms with Crippen molar-refractivity contribution in [3.63, 3.8) is 0 Å². The first-order valence-electron chi connectivity index (χ1n) is 10.2. The Hall–Kier alpha value is -1.83. The van der Waals surface area contributed by atoms with Gasteiger partial charge in [-0.3, -0.25) is 4.79 Å². The van der Waals surface area contributed by atoms with Crippen LogP contribution in [-0.4, -0.2) is 11.1 Å². The average molecular weight is 359 g/mol. The summed E-state index contributed by atoms with van der Waals surface area (Å²) in [6, 6.07) is 0. The number of carboxylic acids is 1. The van der Waals surface area contributed by atoms with Gasteiger partial charge in [0.1, 0.15) is 0 Å². The standard InChI is InChI=1S/C24H38O2/c1-2-3-4-5-6-7-8-9-10-11-12-13-14-15-16-17-18-19-20-21-22-23-24(25)26/h6-7,9-10,12-13,15-16,18-19H,2-5,8,11,14,17,20-23H2,1H3,(H,25,26)/b7-6+,10-9+,13-12+,16-15+,19-18+. The molecule has 26 heavy (non-hydrogen) atoms. The van der Waals surface area contributed by atoms with Gasteiger partial charge in [-0.05, 0) is 57.8 Å². The Morgan fingerprint density at radius 1 is 0.615 bits per heavy atom. The van der Waals surface area contributed by atoms with Gasteiger partial charge in [0.05, 0.1) is 0 Å². The number of allylic oxidation sites excluding steroid dienone is 10. The average Bonchev–Trinajstić information content (AvgIpc) is 2.62. The highest BCUT2D eigenvalue weighted by atomic mass is 16.4. The molecule has 0 fully saturated rings. The van der Waals surface area contributed by atoms with Gasteiger partial charge in [-0.25, -0.2) is 0 Å². The van der Waals surface area contributed by atoms with Gasteiger partial charge in [-0.2, -0.15) is 0 Å². The molecule has 0 saturated heterocycles. The molecule has 0 aliphatic carbocycles. The molecule has 0 unspecified atom stereocenters. The van der Waals surface area contributed by atoms with Gasteiger partial charge < -0.3 is 5.11 Å². The quantitative estimate of drug-likeness (QED) is 0.215. The Morgan fingerprint density at radius 2 is 1.00 bits per heavy atom. The lowest BCUT2D eigenvalue weighted by atomic mass is 10.2. The molecule has 2 heteroatoms. The largest absolute Gasteiger partial charge is 0.481 e. The van der Waals surface area contributed by atoms with Crippen LogP contribution in [0.4, 0.5) is 0 Å². The Labute approximate surface area is 161 Å². The minimum Gasteiger partial charge on any atom is -0.481 e. The topological polar surface area (TPSA) is 37.3 Å². The van der Waals surface area contributed by atoms with Crippen LogP contribution < -0.4 is 0 Å². The van der Waals surface area contributed by atoms with E-state index in [4.69, 9.17) is 5.11 Å². The monoisotopic (exact) mass is 358 g/mol. The zero-order valence-electron chi connectivity index (χ0n) is 16.6. The molecule has 1 N–H and O–H groups in total. The third kappa shape index (κ3) is 22.2. The van der Waals surface area contributed by atoms with E-state index in [1.807, 2.05) is 0 Å². The Kier molecular flexibility index (Phi) is 19.7. The lowest BCUT2D eigenvalue weighted by molar-refractivity contribution is -0.137. The Bertz CT molecular complexity index is 453. The van der Waals surface area contributed by atoms with Crippen LogP contribution in [0.2, 0.25) is 0 Å². The predicted octanol–water partition coefficient (Wildman–Crippen LogP) is 7.55. The lowest BCUT2D eigenvalue weighted by Gasteiger charge is -1.92. The molecule has 0 rings (SSSR count). The number of hydrogen-bond donors (Lipinski definition) is 1. The van der Waals surface area contributed by atoms with Crippen LogP contribution in [-0.2, 0) is 4.79 Å². The molecular weight excluding hydrogens is 320 g/mol. The Balaban J connectivity index is 3.44. The predicted molar refractivity (Wildman–Crippen MR) is 114 cm³/mol. The molecule has 0 bridgehead atoms. The number of rotatable bonds is 17. The summed E-state index contributed by atoms with van der Waals surface area (Å²) in [6.45, 7) is 2.24. The highest BCUT2D eigenvalue weighted by Crippen LogP contribution is 2.02. The van der Waals surface area contributed by atoms with E-state index in [1.54, 1.807) is 0 Å². The van der Waals surface area contributed by atoms with E-state index in [2.05, 4.69) is 67.7 Å². The smallest absolute Gasteiger partial charge is 0.303 e. The van der Waals surface area contributed by atoms with Gasteiger partial charge in [-0.1, -0.05) is 80.5 Å². The fraction of sp³-hybridized carbons (Fsp3) is 0.542. The number of hydrogen-bond acceptors (Lipinski definition) is 1. The van der Waals surface area contributed by atoms with Crippen LogP contribution in [0.15, 0.2) is 60.8 Å². The van der Waals surface area contributed by atoms with Crippen molar-refractivity contribution in [2.24, 2.45) is 0 Å². The summed E-state index contributed by atoms with van der Waals surface area (Å²) in [5.74, 6) is -0.699. The molecule has 0 amide bonds. The van der Waals surface area contributed by atoms with E-state index < -0.39 is 5.97 Å². The second-order valence-electron chi connectivity index (χ2n) is 6.44. The third-order valence-corrected chi connectivity index (χ3v) is 3.91. The zero-order chi connectivity index (χ0) is 19.1. The Morgan fingerprint density at radius 3 is 1.38 bits per heavy atom. The molecule has 0 spiro atoms. The van der Waals surface area contributed by atoms with Crippen LogP contribution in [0.1, 0.15) is 84.0 Å². The van der Waals surface area contributed by atoms with Gasteiger partial charge in [-0.15, -0.1) is 0 Å². The second-order valence-corrected chi connectivity index (χ2v) is 6.44. The van der Waals surface area contributed by atoms with Gasteiger partial charge in [0.25, 0.3) is 0 Å². The van der Waals surface area contributed by atoms with Crippen LogP contribution >= 0.6 is 0 Å². The van der Waals surface area contributed by atoms with Crippen molar-refractivity contribution in [1.82, 2.24) is 0 Å². The summed E-state index contributed by atoms with van der Waals surface area (Å²) in [6.07, 6.45) is 34.2. The second kappa shape index (κ2) is 21.2. The van der Waals surface area contributed by atoms with Crippen molar-refractivity contribution >= 4 is 5.97 Å². The maximum absolute atomic E-state index is 10.4. The minimum absolute atomic E-state index is 0.283. The maximum Gasteiger partial charge on any atom is 0.303 e. The molecule has 0 heterocycles. The highest BCUT2D eigenvalue weighted by Gasteiger charge is 1.93. The normalized spacial score (nSPS) is 12.7. The summed E-state index contributed by atoms with van der Waals surface area (Å²) < 4.78 is 0. The third-order valence-electron chi connectivity index (χ3n) is 3.91. The van der Waals surface area contributed by atoms with Crippen LogP contribution in [0.5, 0.6) is 0 Å². The molecular formula is C24H38O2. The van der Waals surface area contributed by atoms with Crippen LogP contribution in [0.25, 0.3) is 0 Å². The summed E-state index contributed by atoms with van der Waals surface area (Å²) >= 11 is 0. The molecule has 0 aliphatic rings. The number of carbonyl (C=O) groups is 1. The number of aliphatic carboxylic acids is 1. The van der Waals surface area contributed by atoms with E-state index in [9.17, 15) is 4.79 Å². The lowest BCUT2D eigenvalue weighted by Crippen LogP contribution is -1.92. The first kappa shape index (κ1) is 24.2. The van der Waals surface area contributed by atoms with Gasteiger partial charge in [0.2, 0.25) is 0 Å². The molecule has 0 radical (unpaired) electrons. The van der Waals surface area contributed by atoms with Gasteiger partial charge in [0, 0.05) is 6.42 Å². The van der Waals surface area contributed by atoms with Crippen molar-refractivity contribution < 1.29 is 9.90 Å². The van der Waals surface area contributed by atoms with E-state index in [-0.39, 0.29) is 6.42 Å². The SMILES string of the molecule is CCCCC/C=C/C/C=C/C/C=C/C/C=C/C/C=C/CCCCC(=O)O. The minimum atomic E-state index is -0.699. The van der Waals surface area contributed by atoms with Crippen molar-refractivity contribution in [2.75, 3.05) is 0 Å². The highest BCUT2D eigenvalue weighted by molar-refractivity contribution is 5.66. The zero-order valence-corrected chi connectivity index (χ0v) is 16.6. The summed E-state index contributed by atoms with van der Waals surface area (Å²) in [5.41, 5.74) is 0. The van der Waals surface area contributed by atoms with Gasteiger partial charge >= 0.3 is 5.97 Å². The van der Waals surface area contributed by atoms with E-state index >= 15 is 0 Å². The molecule has 0 aromatic heterocycles. The number of carboxylic acid groups (broad SMARTS) is 1. The first-order valence-corrected chi connectivity index (χ1v) is 10.2. The van der Waals surface area contributed by atoms with E-state index in [0.29, 0.717) is 0 Å². The molecule has 2 nitrogen and oxygen atoms in total. The summed E-state index contributed by atoms with van der Waals surface area (Å²) in [7, 11) is 0. The summed E-state index contributed by atoms with van der Waals surface area (Å²) in [5, 5.41) is 8.53. The van der Waals surface area contributed by atoms with Crippen molar-refractivity contribution in [3.8, 4) is 0 Å². The molecule has 0 aromatic carbocycles. The van der Waals surface area contributed by atoms with E-state index in [1.165, 1.54) is 25.7 Å². The van der Waals surface area contributed by atoms with Crippen LogP contribution in [0, 0.1) is 0 Å². The molecule has 0 aromatic rings. The van der Waals surface area contributed by atoms with Crippen molar-refractivity contribution in [1.29, 1.82) is 0 Å². The van der Waals surface area contributed by atoms with Crippen molar-refractivity contribution in [2.45, 2.75) is 84.0 Å². The summed E-state index contributed by atoms with van der Waals surface area (Å²) in [4.78, 5) is 10.4. The fourth-order valence-electron chi connectivity index (χ4n) is 2.37.